The molecule has 0 spiro atoms. The number of anilines is 1. The van der Waals surface area contributed by atoms with Gasteiger partial charge < -0.3 is 24.7 Å². The van der Waals surface area contributed by atoms with Crippen LogP contribution in [0.1, 0.15) is 26.6 Å². The highest BCUT2D eigenvalue weighted by atomic mass is 35.5. The van der Waals surface area contributed by atoms with Crippen LogP contribution >= 0.6 is 11.6 Å². The summed E-state index contributed by atoms with van der Waals surface area (Å²) in [5, 5.41) is 2.88. The fourth-order valence-corrected chi connectivity index (χ4v) is 3.19. The third-order valence-electron chi connectivity index (χ3n) is 4.37. The first-order valence-corrected chi connectivity index (χ1v) is 10.2. The summed E-state index contributed by atoms with van der Waals surface area (Å²) in [5.74, 6) is 1.58. The Balaban J connectivity index is 1.55. The van der Waals surface area contributed by atoms with Crippen LogP contribution in [0.4, 0.5) is 10.6 Å². The molecule has 1 fully saturated rings. The molecule has 0 unspecified atom stereocenters. The standard InChI is InChI=1S/C19H23ClN8O3/c1-19(2,3)31-18(29)23-10-12-21-8-11(9-22-12)14-25-15-13(24-17(20)27-15)16(26-14)28-4-6-30-7-5-28/h8-9H,4-7,10H2,1-3H3,(H,23,29)(H,24,25,26,27). The number of hydrogen-bond donors (Lipinski definition) is 2. The minimum atomic E-state index is -0.571. The highest BCUT2D eigenvalue weighted by molar-refractivity contribution is 6.29. The monoisotopic (exact) mass is 446 g/mol. The molecular weight excluding hydrogens is 424 g/mol. The molecule has 4 rings (SSSR count). The van der Waals surface area contributed by atoms with E-state index in [1.165, 1.54) is 0 Å². The predicted octanol–water partition coefficient (Wildman–Crippen LogP) is 2.32. The summed E-state index contributed by atoms with van der Waals surface area (Å²) in [7, 11) is 0. The first kappa shape index (κ1) is 21.2. The topological polar surface area (TPSA) is 131 Å². The minimum Gasteiger partial charge on any atom is -0.444 e. The normalized spacial score (nSPS) is 14.6. The molecular formula is C19H23ClN8O3. The van der Waals surface area contributed by atoms with Gasteiger partial charge in [0.1, 0.15) is 16.9 Å². The average Bonchev–Trinajstić information content (AvgIpc) is 3.11. The van der Waals surface area contributed by atoms with Gasteiger partial charge in [-0.15, -0.1) is 0 Å². The van der Waals surface area contributed by atoms with Crippen LogP contribution in [-0.2, 0) is 16.0 Å². The summed E-state index contributed by atoms with van der Waals surface area (Å²) < 4.78 is 10.6. The molecule has 0 atom stereocenters. The van der Waals surface area contributed by atoms with E-state index >= 15 is 0 Å². The lowest BCUT2D eigenvalue weighted by molar-refractivity contribution is 0.0522. The highest BCUT2D eigenvalue weighted by Crippen LogP contribution is 2.27. The molecule has 12 heteroatoms. The van der Waals surface area contributed by atoms with E-state index < -0.39 is 11.7 Å². The fraction of sp³-hybridized carbons (Fsp3) is 0.474. The summed E-state index contributed by atoms with van der Waals surface area (Å²) in [4.78, 5) is 39.0. The molecule has 0 aliphatic carbocycles. The van der Waals surface area contributed by atoms with E-state index in [1.807, 2.05) is 0 Å². The van der Waals surface area contributed by atoms with Crippen LogP contribution in [0.5, 0.6) is 0 Å². The van der Waals surface area contributed by atoms with Gasteiger partial charge in [-0.05, 0) is 32.4 Å². The van der Waals surface area contributed by atoms with E-state index in [0.29, 0.717) is 60.5 Å². The largest absolute Gasteiger partial charge is 0.444 e. The number of morpholine rings is 1. The van der Waals surface area contributed by atoms with E-state index in [2.05, 4.69) is 35.1 Å². The molecule has 0 saturated carbocycles. The van der Waals surface area contributed by atoms with E-state index in [1.54, 1.807) is 33.2 Å². The number of halogens is 1. The number of nitrogens with zero attached hydrogens (tertiary/aromatic N) is 6. The number of hydrogen-bond acceptors (Lipinski definition) is 9. The number of aromatic amines is 1. The second-order valence-corrected chi connectivity index (χ2v) is 8.30. The van der Waals surface area contributed by atoms with E-state index in [-0.39, 0.29) is 11.8 Å². The number of imidazole rings is 1. The molecule has 1 aliphatic rings. The van der Waals surface area contributed by atoms with Crippen LogP contribution < -0.4 is 10.2 Å². The lowest BCUT2D eigenvalue weighted by Gasteiger charge is -2.28. The van der Waals surface area contributed by atoms with Crippen LogP contribution in [0.15, 0.2) is 12.4 Å². The number of ether oxygens (including phenoxy) is 2. The van der Waals surface area contributed by atoms with Crippen molar-refractivity contribution in [2.75, 3.05) is 31.2 Å². The predicted molar refractivity (Wildman–Crippen MR) is 114 cm³/mol. The zero-order valence-electron chi connectivity index (χ0n) is 17.5. The maximum Gasteiger partial charge on any atom is 0.408 e. The molecule has 1 aliphatic heterocycles. The van der Waals surface area contributed by atoms with Gasteiger partial charge in [-0.2, -0.15) is 4.98 Å². The number of alkyl carbamates (subject to hydrolysis) is 1. The van der Waals surface area contributed by atoms with Gasteiger partial charge in [0.15, 0.2) is 17.3 Å². The third-order valence-corrected chi connectivity index (χ3v) is 4.55. The van der Waals surface area contributed by atoms with Crippen LogP contribution in [0.25, 0.3) is 22.6 Å². The molecule has 3 aromatic heterocycles. The van der Waals surface area contributed by atoms with Crippen molar-refractivity contribution in [1.82, 2.24) is 35.2 Å². The van der Waals surface area contributed by atoms with Gasteiger partial charge in [0.25, 0.3) is 0 Å². The van der Waals surface area contributed by atoms with E-state index in [0.717, 1.165) is 0 Å². The molecule has 0 aromatic carbocycles. The number of aromatic nitrogens is 6. The lowest BCUT2D eigenvalue weighted by atomic mass is 10.2. The molecule has 0 radical (unpaired) electrons. The zero-order chi connectivity index (χ0) is 22.0. The van der Waals surface area contributed by atoms with Crippen molar-refractivity contribution < 1.29 is 14.3 Å². The maximum atomic E-state index is 11.8. The summed E-state index contributed by atoms with van der Waals surface area (Å²) >= 11 is 6.07. The van der Waals surface area contributed by atoms with Gasteiger partial charge in [-0.1, -0.05) is 0 Å². The molecule has 31 heavy (non-hydrogen) atoms. The fourth-order valence-electron chi connectivity index (χ4n) is 3.01. The van der Waals surface area contributed by atoms with Crippen LogP contribution in [0, 0.1) is 0 Å². The third kappa shape index (κ3) is 5.17. The summed E-state index contributed by atoms with van der Waals surface area (Å²) in [6, 6.07) is 0. The SMILES string of the molecule is CC(C)(C)OC(=O)NCc1ncc(-c2nc(N3CCOCC3)c3[nH]c(Cl)nc3n2)cn1. The van der Waals surface area contributed by atoms with Crippen molar-refractivity contribution in [1.29, 1.82) is 0 Å². The number of amides is 1. The van der Waals surface area contributed by atoms with Gasteiger partial charge in [0, 0.05) is 25.5 Å². The molecule has 3 aromatic rings. The van der Waals surface area contributed by atoms with Crippen molar-refractivity contribution in [3.8, 4) is 11.4 Å². The Labute approximate surface area is 183 Å². The molecule has 1 amide bonds. The van der Waals surface area contributed by atoms with Crippen LogP contribution in [-0.4, -0.2) is 67.9 Å². The number of fused-ring (bicyclic) bond motifs is 1. The first-order chi connectivity index (χ1) is 14.8. The Morgan fingerprint density at radius 3 is 2.61 bits per heavy atom. The van der Waals surface area contributed by atoms with Crippen molar-refractivity contribution in [3.05, 3.63) is 23.5 Å². The quantitative estimate of drug-likeness (QED) is 0.579. The number of carbonyl (C=O) groups is 1. The number of rotatable bonds is 4. The second-order valence-electron chi connectivity index (χ2n) is 7.94. The Kier molecular flexibility index (Phi) is 5.88. The number of carbonyl (C=O) groups excluding carboxylic acids is 1. The molecule has 11 nitrogen and oxygen atoms in total. The Hall–Kier alpha value is -3.05. The van der Waals surface area contributed by atoms with Crippen molar-refractivity contribution in [2.45, 2.75) is 32.9 Å². The van der Waals surface area contributed by atoms with Crippen LogP contribution in [0.3, 0.4) is 0 Å². The summed E-state index contributed by atoms with van der Waals surface area (Å²) in [6.45, 7) is 8.17. The summed E-state index contributed by atoms with van der Waals surface area (Å²) in [6.07, 6.45) is 2.69. The minimum absolute atomic E-state index is 0.142. The van der Waals surface area contributed by atoms with Crippen molar-refractivity contribution in [2.24, 2.45) is 0 Å². The Morgan fingerprint density at radius 2 is 1.94 bits per heavy atom. The van der Waals surface area contributed by atoms with Gasteiger partial charge >= 0.3 is 6.09 Å². The lowest BCUT2D eigenvalue weighted by Crippen LogP contribution is -2.37. The van der Waals surface area contributed by atoms with E-state index in [9.17, 15) is 4.79 Å². The van der Waals surface area contributed by atoms with Gasteiger partial charge in [0.2, 0.25) is 5.28 Å². The average molecular weight is 447 g/mol. The van der Waals surface area contributed by atoms with Gasteiger partial charge in [0.05, 0.1) is 25.3 Å². The first-order valence-electron chi connectivity index (χ1n) is 9.82. The van der Waals surface area contributed by atoms with Crippen molar-refractivity contribution in [3.63, 3.8) is 0 Å². The van der Waals surface area contributed by atoms with E-state index in [4.69, 9.17) is 26.1 Å². The number of nitrogens with one attached hydrogen (secondary N) is 2. The Morgan fingerprint density at radius 1 is 1.23 bits per heavy atom. The van der Waals surface area contributed by atoms with Crippen LogP contribution in [0.2, 0.25) is 5.28 Å². The molecule has 2 N–H and O–H groups in total. The molecule has 1 saturated heterocycles. The maximum absolute atomic E-state index is 11.8. The zero-order valence-corrected chi connectivity index (χ0v) is 18.2. The highest BCUT2D eigenvalue weighted by Gasteiger charge is 2.21. The summed E-state index contributed by atoms with van der Waals surface area (Å²) in [5.41, 5.74) is 1.19. The second kappa shape index (κ2) is 8.60. The molecule has 4 heterocycles. The Bertz CT molecular complexity index is 1070. The smallest absolute Gasteiger partial charge is 0.408 e. The van der Waals surface area contributed by atoms with Gasteiger partial charge in [-0.25, -0.2) is 24.7 Å². The molecule has 164 valence electrons. The molecule has 0 bridgehead atoms. The van der Waals surface area contributed by atoms with Gasteiger partial charge in [-0.3, -0.25) is 0 Å². The van der Waals surface area contributed by atoms with Crippen molar-refractivity contribution >= 4 is 34.7 Å². The number of H-pyrrole nitrogens is 1.